The number of rotatable bonds is 2. The van der Waals surface area contributed by atoms with Crippen LogP contribution in [0.1, 0.15) is 0 Å². The third kappa shape index (κ3) is 2.59. The average molecular weight is 194 g/mol. The molecule has 0 aromatic heterocycles. The summed E-state index contributed by atoms with van der Waals surface area (Å²) in [4.78, 5) is 0. The maximum atomic E-state index is 8.75. The Balaban J connectivity index is 3.02. The van der Waals surface area contributed by atoms with Crippen molar-refractivity contribution in [3.05, 3.63) is 41.6 Å². The highest BCUT2D eigenvalue weighted by molar-refractivity contribution is 5.57. The van der Waals surface area contributed by atoms with E-state index in [9.17, 15) is 0 Å². The van der Waals surface area contributed by atoms with Crippen LogP contribution in [0.3, 0.4) is 0 Å². The smallest absolute Gasteiger partial charge is 0.163 e. The van der Waals surface area contributed by atoms with Gasteiger partial charge in [0.15, 0.2) is 5.57 Å². The maximum absolute atomic E-state index is 8.75. The molecule has 15 heavy (non-hydrogen) atoms. The van der Waals surface area contributed by atoms with Gasteiger partial charge in [-0.15, -0.1) is 0 Å². The predicted octanol–water partition coefficient (Wildman–Crippen LogP) is 1.92. The van der Waals surface area contributed by atoms with E-state index >= 15 is 0 Å². The number of anilines is 1. The predicted molar refractivity (Wildman–Crippen MR) is 53.9 cm³/mol. The second kappa shape index (κ2) is 5.07. The van der Waals surface area contributed by atoms with E-state index in [4.69, 9.17) is 15.8 Å². The van der Waals surface area contributed by atoms with Crippen LogP contribution in [0.4, 0.5) is 5.69 Å². The molecular formula is C11H6N4. The highest BCUT2D eigenvalue weighted by atomic mass is 14.9. The third-order valence-corrected chi connectivity index (χ3v) is 1.63. The van der Waals surface area contributed by atoms with Gasteiger partial charge in [-0.05, 0) is 12.1 Å². The van der Waals surface area contributed by atoms with Crippen molar-refractivity contribution >= 4 is 5.69 Å². The van der Waals surface area contributed by atoms with E-state index in [-0.39, 0.29) is 11.3 Å². The van der Waals surface area contributed by atoms with Crippen molar-refractivity contribution in [2.75, 3.05) is 5.32 Å². The molecule has 0 saturated carbocycles. The Morgan fingerprint density at radius 1 is 0.933 bits per heavy atom. The molecule has 1 rings (SSSR count). The molecule has 0 aliphatic rings. The van der Waals surface area contributed by atoms with Gasteiger partial charge < -0.3 is 5.32 Å². The zero-order valence-electron chi connectivity index (χ0n) is 7.73. The first kappa shape index (κ1) is 10.3. The van der Waals surface area contributed by atoms with Crippen LogP contribution in [0.5, 0.6) is 0 Å². The second-order valence-electron chi connectivity index (χ2n) is 2.58. The Bertz CT molecular complexity index is 478. The fraction of sp³-hybridized carbons (Fsp3) is 0. The van der Waals surface area contributed by atoms with Gasteiger partial charge >= 0.3 is 0 Å². The molecule has 0 amide bonds. The highest BCUT2D eigenvalue weighted by Crippen LogP contribution is 2.10. The van der Waals surface area contributed by atoms with E-state index in [1.807, 2.05) is 6.07 Å². The van der Waals surface area contributed by atoms with Crippen LogP contribution in [0.2, 0.25) is 0 Å². The quantitative estimate of drug-likeness (QED) is 0.729. The summed E-state index contributed by atoms with van der Waals surface area (Å²) in [7, 11) is 0. The molecule has 0 saturated heterocycles. The molecule has 1 N–H and O–H groups in total. The lowest BCUT2D eigenvalue weighted by molar-refractivity contribution is 1.37. The summed E-state index contributed by atoms with van der Waals surface area (Å²) in [5.41, 5.74) is 0.407. The van der Waals surface area contributed by atoms with Gasteiger partial charge in [-0.3, -0.25) is 0 Å². The van der Waals surface area contributed by atoms with Gasteiger partial charge in [0.05, 0.1) is 0 Å². The normalized spacial score (nSPS) is 7.80. The van der Waals surface area contributed by atoms with E-state index < -0.39 is 0 Å². The fourth-order valence-corrected chi connectivity index (χ4v) is 0.949. The molecule has 0 fully saturated rings. The monoisotopic (exact) mass is 194 g/mol. The molecule has 0 heterocycles. The Morgan fingerprint density at radius 3 is 2.00 bits per heavy atom. The molecule has 0 radical (unpaired) electrons. The number of allylic oxidation sites excluding steroid dienone is 2. The molecule has 1 aromatic rings. The van der Waals surface area contributed by atoms with E-state index in [1.165, 1.54) is 0 Å². The number of para-hydroxylation sites is 1. The van der Waals surface area contributed by atoms with Crippen molar-refractivity contribution in [3.8, 4) is 18.2 Å². The molecule has 4 heteroatoms. The first-order valence-corrected chi connectivity index (χ1v) is 4.08. The third-order valence-electron chi connectivity index (χ3n) is 1.63. The molecule has 0 spiro atoms. The van der Waals surface area contributed by atoms with Gasteiger partial charge in [-0.25, -0.2) is 0 Å². The minimum atomic E-state index is -0.221. The van der Waals surface area contributed by atoms with Crippen molar-refractivity contribution in [1.82, 2.24) is 0 Å². The molecule has 0 aliphatic heterocycles. The Kier molecular flexibility index (Phi) is 3.48. The summed E-state index contributed by atoms with van der Waals surface area (Å²) in [5, 5.41) is 28.6. The average Bonchev–Trinajstić information content (AvgIpc) is 2.30. The first-order chi connectivity index (χ1) is 7.31. The van der Waals surface area contributed by atoms with Crippen LogP contribution in [-0.2, 0) is 0 Å². The SMILES string of the molecule is N#CC(C#N)=C(C#N)Nc1ccccc1. The number of nitrogens with zero attached hydrogens (tertiary/aromatic N) is 3. The minimum Gasteiger partial charge on any atom is -0.345 e. The molecule has 70 valence electrons. The van der Waals surface area contributed by atoms with E-state index in [2.05, 4.69) is 5.32 Å². The van der Waals surface area contributed by atoms with Crippen LogP contribution in [0.25, 0.3) is 0 Å². The highest BCUT2D eigenvalue weighted by Gasteiger charge is 2.04. The van der Waals surface area contributed by atoms with Crippen LogP contribution in [0, 0.1) is 34.0 Å². The lowest BCUT2D eigenvalue weighted by atomic mass is 10.2. The van der Waals surface area contributed by atoms with Gasteiger partial charge in [-0.2, -0.15) is 15.8 Å². The van der Waals surface area contributed by atoms with Crippen molar-refractivity contribution in [3.63, 3.8) is 0 Å². The second-order valence-corrected chi connectivity index (χ2v) is 2.58. The van der Waals surface area contributed by atoms with E-state index in [0.29, 0.717) is 5.69 Å². The minimum absolute atomic E-state index is 0.0359. The van der Waals surface area contributed by atoms with Crippen molar-refractivity contribution in [2.45, 2.75) is 0 Å². The standard InChI is InChI=1S/C11H6N4/c12-6-9(7-13)11(8-14)15-10-4-2-1-3-5-10/h1-5,15H. The Hall–Kier alpha value is -2.77. The fourth-order valence-electron chi connectivity index (χ4n) is 0.949. The van der Waals surface area contributed by atoms with Crippen molar-refractivity contribution < 1.29 is 0 Å². The van der Waals surface area contributed by atoms with Crippen molar-refractivity contribution in [1.29, 1.82) is 15.8 Å². The van der Waals surface area contributed by atoms with Gasteiger partial charge in [0, 0.05) is 5.69 Å². The molecule has 0 unspecified atom stereocenters. The summed E-state index contributed by atoms with van der Waals surface area (Å²) < 4.78 is 0. The largest absolute Gasteiger partial charge is 0.345 e. The molecule has 1 aromatic carbocycles. The summed E-state index contributed by atoms with van der Waals surface area (Å²) >= 11 is 0. The number of benzene rings is 1. The number of nitrogens with one attached hydrogen (secondary N) is 1. The summed E-state index contributed by atoms with van der Waals surface area (Å²) in [5.74, 6) is 0. The van der Waals surface area contributed by atoms with Gasteiger partial charge in [0.25, 0.3) is 0 Å². The Labute approximate surface area is 87.3 Å². The first-order valence-electron chi connectivity index (χ1n) is 4.08. The zero-order chi connectivity index (χ0) is 11.1. The molecule has 4 nitrogen and oxygen atoms in total. The van der Waals surface area contributed by atoms with Gasteiger partial charge in [0.2, 0.25) is 0 Å². The van der Waals surface area contributed by atoms with Crippen molar-refractivity contribution in [2.24, 2.45) is 0 Å². The molecule has 0 aliphatic carbocycles. The topological polar surface area (TPSA) is 83.4 Å². The molecule has 0 atom stereocenters. The molecule has 0 bridgehead atoms. The number of hydrogen-bond acceptors (Lipinski definition) is 4. The Morgan fingerprint density at radius 2 is 1.53 bits per heavy atom. The van der Waals surface area contributed by atoms with Crippen LogP contribution in [-0.4, -0.2) is 0 Å². The van der Waals surface area contributed by atoms with E-state index in [1.54, 1.807) is 42.5 Å². The maximum Gasteiger partial charge on any atom is 0.163 e. The number of nitriles is 3. The summed E-state index contributed by atoms with van der Waals surface area (Å²) in [6.07, 6.45) is 0. The lowest BCUT2D eigenvalue weighted by Crippen LogP contribution is -1.99. The van der Waals surface area contributed by atoms with Crippen LogP contribution in [0.15, 0.2) is 41.6 Å². The summed E-state index contributed by atoms with van der Waals surface area (Å²) in [6.45, 7) is 0. The van der Waals surface area contributed by atoms with Crippen LogP contribution >= 0.6 is 0 Å². The number of hydrogen-bond donors (Lipinski definition) is 1. The zero-order valence-corrected chi connectivity index (χ0v) is 7.73. The molecular weight excluding hydrogens is 188 g/mol. The lowest BCUT2D eigenvalue weighted by Gasteiger charge is -2.02. The van der Waals surface area contributed by atoms with Gasteiger partial charge in [-0.1, -0.05) is 18.2 Å². The van der Waals surface area contributed by atoms with E-state index in [0.717, 1.165) is 0 Å². The summed E-state index contributed by atoms with van der Waals surface area (Å²) in [6, 6.07) is 14.0. The van der Waals surface area contributed by atoms with Crippen LogP contribution < -0.4 is 5.32 Å². The van der Waals surface area contributed by atoms with Gasteiger partial charge in [0.1, 0.15) is 23.9 Å².